The van der Waals surface area contributed by atoms with Crippen molar-refractivity contribution in [3.8, 4) is 11.6 Å². The summed E-state index contributed by atoms with van der Waals surface area (Å²) in [6.07, 6.45) is 1.19. The molecule has 4 nitrogen and oxygen atoms in total. The van der Waals surface area contributed by atoms with Crippen LogP contribution in [0.4, 0.5) is 4.39 Å². The van der Waals surface area contributed by atoms with E-state index < -0.39 is 17.3 Å². The minimum absolute atomic E-state index is 0.350. The maximum atomic E-state index is 13.7. The van der Waals surface area contributed by atoms with Crippen molar-refractivity contribution < 1.29 is 19.0 Å². The van der Waals surface area contributed by atoms with Gasteiger partial charge < -0.3 is 9.84 Å². The van der Waals surface area contributed by atoms with Crippen molar-refractivity contribution in [1.29, 1.82) is 0 Å². The van der Waals surface area contributed by atoms with Crippen molar-refractivity contribution in [2.75, 3.05) is 0 Å². The van der Waals surface area contributed by atoms with Crippen LogP contribution in [0.25, 0.3) is 0 Å². The Kier molecular flexibility index (Phi) is 3.75. The summed E-state index contributed by atoms with van der Waals surface area (Å²) in [5, 5.41) is 8.78. The van der Waals surface area contributed by atoms with Crippen molar-refractivity contribution in [2.45, 2.75) is 0 Å². The molecular formula is C12H7FINO3. The molecule has 0 aliphatic heterocycles. The van der Waals surface area contributed by atoms with Crippen molar-refractivity contribution >= 4 is 28.6 Å². The average molecular weight is 359 g/mol. The molecule has 0 aliphatic rings. The van der Waals surface area contributed by atoms with Crippen molar-refractivity contribution in [2.24, 2.45) is 0 Å². The summed E-state index contributed by atoms with van der Waals surface area (Å²) in [7, 11) is 0. The number of benzene rings is 1. The molecule has 1 N–H and O–H groups in total. The molecule has 0 radical (unpaired) electrons. The van der Waals surface area contributed by atoms with E-state index in [1.807, 2.05) is 6.07 Å². The molecule has 1 aromatic heterocycles. The second-order valence-corrected chi connectivity index (χ2v) is 4.59. The van der Waals surface area contributed by atoms with E-state index in [4.69, 9.17) is 9.84 Å². The van der Waals surface area contributed by atoms with E-state index in [2.05, 4.69) is 27.6 Å². The Balaban J connectivity index is 2.35. The number of halogens is 2. The second kappa shape index (κ2) is 5.30. The topological polar surface area (TPSA) is 59.4 Å². The third-order valence-corrected chi connectivity index (χ3v) is 2.77. The van der Waals surface area contributed by atoms with Crippen LogP contribution in [0.5, 0.6) is 11.6 Å². The molecule has 6 heteroatoms. The number of carboxylic acid groups (broad SMARTS) is 1. The van der Waals surface area contributed by atoms with E-state index in [1.165, 1.54) is 6.20 Å². The Morgan fingerprint density at radius 3 is 2.83 bits per heavy atom. The van der Waals surface area contributed by atoms with Gasteiger partial charge in [-0.1, -0.05) is 6.07 Å². The first-order chi connectivity index (χ1) is 8.58. The van der Waals surface area contributed by atoms with Crippen LogP contribution < -0.4 is 4.74 Å². The molecule has 18 heavy (non-hydrogen) atoms. The lowest BCUT2D eigenvalue weighted by Crippen LogP contribution is -2.03. The zero-order valence-corrected chi connectivity index (χ0v) is 11.1. The molecule has 2 rings (SSSR count). The first-order valence-electron chi connectivity index (χ1n) is 4.89. The highest BCUT2D eigenvalue weighted by molar-refractivity contribution is 14.1. The lowest BCUT2D eigenvalue weighted by Gasteiger charge is -2.07. The van der Waals surface area contributed by atoms with Gasteiger partial charge in [0.15, 0.2) is 5.82 Å². The number of carboxylic acids is 1. The fourth-order valence-corrected chi connectivity index (χ4v) is 1.82. The predicted molar refractivity (Wildman–Crippen MR) is 70.4 cm³/mol. The summed E-state index contributed by atoms with van der Waals surface area (Å²) in [6, 6.07) is 8.01. The fraction of sp³-hybridized carbons (Fsp3) is 0. The van der Waals surface area contributed by atoms with E-state index in [0.717, 1.165) is 9.64 Å². The summed E-state index contributed by atoms with van der Waals surface area (Å²) < 4.78 is 19.9. The van der Waals surface area contributed by atoms with Gasteiger partial charge >= 0.3 is 5.97 Å². The van der Waals surface area contributed by atoms with E-state index in [0.29, 0.717) is 5.75 Å². The van der Waals surface area contributed by atoms with Gasteiger partial charge in [-0.2, -0.15) is 0 Å². The fourth-order valence-electron chi connectivity index (χ4n) is 1.30. The molecule has 0 unspecified atom stereocenters. The molecule has 0 saturated heterocycles. The van der Waals surface area contributed by atoms with E-state index >= 15 is 0 Å². The quantitative estimate of drug-likeness (QED) is 0.855. The number of aromatic nitrogens is 1. The molecule has 1 aromatic carbocycles. The number of nitrogens with zero attached hydrogens (tertiary/aromatic N) is 1. The highest BCUT2D eigenvalue weighted by Gasteiger charge is 2.16. The van der Waals surface area contributed by atoms with E-state index in [-0.39, 0.29) is 5.88 Å². The molecule has 0 spiro atoms. The SMILES string of the molecule is O=C(O)c1ccnc(Oc2cccc(I)c2)c1F. The van der Waals surface area contributed by atoms with E-state index in [9.17, 15) is 9.18 Å². The Morgan fingerprint density at radius 2 is 2.17 bits per heavy atom. The zero-order valence-electron chi connectivity index (χ0n) is 8.93. The van der Waals surface area contributed by atoms with Crippen LogP contribution in [0.3, 0.4) is 0 Å². The standard InChI is InChI=1S/C12H7FINO3/c13-10-9(12(16)17)4-5-15-11(10)18-8-3-1-2-7(14)6-8/h1-6H,(H,16,17). The molecule has 1 heterocycles. The number of rotatable bonds is 3. The largest absolute Gasteiger partial charge is 0.478 e. The third-order valence-electron chi connectivity index (χ3n) is 2.10. The van der Waals surface area contributed by atoms with Crippen LogP contribution in [-0.2, 0) is 0 Å². The lowest BCUT2D eigenvalue weighted by atomic mass is 10.2. The van der Waals surface area contributed by atoms with E-state index in [1.54, 1.807) is 18.2 Å². The van der Waals surface area contributed by atoms with Crippen molar-refractivity contribution in [3.63, 3.8) is 0 Å². The number of hydrogen-bond donors (Lipinski definition) is 1. The van der Waals surface area contributed by atoms with Gasteiger partial charge in [-0.15, -0.1) is 0 Å². The summed E-state index contributed by atoms with van der Waals surface area (Å²) in [4.78, 5) is 14.4. The summed E-state index contributed by atoms with van der Waals surface area (Å²) in [5.74, 6) is -2.29. The van der Waals surface area contributed by atoms with Gasteiger partial charge in [0.1, 0.15) is 11.3 Å². The summed E-state index contributed by atoms with van der Waals surface area (Å²) in [6.45, 7) is 0. The van der Waals surface area contributed by atoms with Gasteiger partial charge in [0.25, 0.3) is 5.88 Å². The number of pyridine rings is 1. The molecule has 92 valence electrons. The van der Waals surface area contributed by atoms with Gasteiger partial charge in [-0.3, -0.25) is 0 Å². The first kappa shape index (κ1) is 12.7. The molecular weight excluding hydrogens is 352 g/mol. The molecule has 2 aromatic rings. The molecule has 0 atom stereocenters. The number of aromatic carboxylic acids is 1. The Hall–Kier alpha value is -1.70. The van der Waals surface area contributed by atoms with Gasteiger partial charge in [-0.05, 0) is 46.9 Å². The molecule has 0 fully saturated rings. The number of carbonyl (C=O) groups is 1. The predicted octanol–water partition coefficient (Wildman–Crippen LogP) is 3.32. The Bertz CT molecular complexity index is 604. The zero-order chi connectivity index (χ0) is 13.1. The monoisotopic (exact) mass is 359 g/mol. The minimum Gasteiger partial charge on any atom is -0.478 e. The molecule has 0 amide bonds. The smallest absolute Gasteiger partial charge is 0.338 e. The number of hydrogen-bond acceptors (Lipinski definition) is 3. The van der Waals surface area contributed by atoms with Gasteiger partial charge in [0.05, 0.1) is 0 Å². The van der Waals surface area contributed by atoms with Crippen LogP contribution in [0, 0.1) is 9.39 Å². The highest BCUT2D eigenvalue weighted by atomic mass is 127. The first-order valence-corrected chi connectivity index (χ1v) is 5.97. The van der Waals surface area contributed by atoms with Crippen LogP contribution in [0.1, 0.15) is 10.4 Å². The highest BCUT2D eigenvalue weighted by Crippen LogP contribution is 2.25. The maximum absolute atomic E-state index is 13.7. The lowest BCUT2D eigenvalue weighted by molar-refractivity contribution is 0.0690. The normalized spacial score (nSPS) is 10.1. The van der Waals surface area contributed by atoms with Crippen molar-refractivity contribution in [3.05, 3.63) is 51.5 Å². The Labute approximate surface area is 116 Å². The summed E-state index contributed by atoms with van der Waals surface area (Å²) in [5.41, 5.74) is -0.467. The maximum Gasteiger partial charge on any atom is 0.338 e. The van der Waals surface area contributed by atoms with Gasteiger partial charge in [0.2, 0.25) is 0 Å². The minimum atomic E-state index is -1.36. The summed E-state index contributed by atoms with van der Waals surface area (Å²) >= 11 is 2.09. The Morgan fingerprint density at radius 1 is 1.39 bits per heavy atom. The van der Waals surface area contributed by atoms with Crippen LogP contribution in [0.2, 0.25) is 0 Å². The van der Waals surface area contributed by atoms with Crippen LogP contribution >= 0.6 is 22.6 Å². The second-order valence-electron chi connectivity index (χ2n) is 3.34. The third kappa shape index (κ3) is 2.76. The van der Waals surface area contributed by atoms with Crippen LogP contribution in [0.15, 0.2) is 36.5 Å². The average Bonchev–Trinajstić information content (AvgIpc) is 2.31. The number of ether oxygens (including phenoxy) is 1. The molecule has 0 saturated carbocycles. The molecule has 0 bridgehead atoms. The van der Waals surface area contributed by atoms with Gasteiger partial charge in [0, 0.05) is 9.77 Å². The van der Waals surface area contributed by atoms with Gasteiger partial charge in [-0.25, -0.2) is 14.2 Å². The van der Waals surface area contributed by atoms with Crippen LogP contribution in [-0.4, -0.2) is 16.1 Å². The molecule has 0 aliphatic carbocycles. The van der Waals surface area contributed by atoms with Crippen molar-refractivity contribution in [1.82, 2.24) is 4.98 Å².